The Bertz CT molecular complexity index is 784. The first-order chi connectivity index (χ1) is 12.6. The van der Waals surface area contributed by atoms with Crippen LogP contribution < -0.4 is 20.5 Å². The fraction of sp³-hybridized carbons (Fsp3) is 0.316. The van der Waals surface area contributed by atoms with Crippen LogP contribution in [0.15, 0.2) is 48.5 Å². The fourth-order valence-electron chi connectivity index (χ4n) is 2.38. The second kappa shape index (κ2) is 9.66. The third kappa shape index (κ3) is 6.31. The van der Waals surface area contributed by atoms with E-state index >= 15 is 0 Å². The minimum Gasteiger partial charge on any atom is -0.493 e. The first-order valence-electron chi connectivity index (χ1n) is 8.12. The van der Waals surface area contributed by atoms with Gasteiger partial charge in [-0.3, -0.25) is 4.79 Å². The van der Waals surface area contributed by atoms with Gasteiger partial charge in [-0.25, -0.2) is 0 Å². The van der Waals surface area contributed by atoms with E-state index in [2.05, 4.69) is 5.32 Å². The van der Waals surface area contributed by atoms with Crippen LogP contribution in [-0.2, 0) is 16.9 Å². The molecule has 2 rings (SSSR count). The molecule has 0 radical (unpaired) electrons. The number of methoxy groups -OCH3 is 1. The maximum Gasteiger partial charge on any atom is 0.422 e. The first kappa shape index (κ1) is 23.6. The van der Waals surface area contributed by atoms with Crippen LogP contribution >= 0.6 is 12.4 Å². The van der Waals surface area contributed by atoms with E-state index in [4.69, 9.17) is 15.2 Å². The summed E-state index contributed by atoms with van der Waals surface area (Å²) in [6.07, 6.45) is -4.44. The highest BCUT2D eigenvalue weighted by molar-refractivity contribution is 5.87. The van der Waals surface area contributed by atoms with Crippen molar-refractivity contribution in [2.75, 3.05) is 13.7 Å². The zero-order chi connectivity index (χ0) is 20.1. The number of nitrogens with one attached hydrogen (secondary N) is 1. The SMILES string of the molecule is COc1cc(CNC(=O)C(C)(N)c2ccccc2)ccc1OCC(F)(F)F.Cl. The first-order valence-corrected chi connectivity index (χ1v) is 8.12. The summed E-state index contributed by atoms with van der Waals surface area (Å²) in [7, 11) is 1.32. The Morgan fingerprint density at radius 1 is 1.11 bits per heavy atom. The zero-order valence-electron chi connectivity index (χ0n) is 15.4. The quantitative estimate of drug-likeness (QED) is 0.721. The number of carbonyl (C=O) groups is 1. The topological polar surface area (TPSA) is 73.6 Å². The predicted molar refractivity (Wildman–Crippen MR) is 102 cm³/mol. The average Bonchev–Trinajstić information content (AvgIpc) is 2.64. The van der Waals surface area contributed by atoms with Crippen molar-refractivity contribution in [2.24, 2.45) is 5.73 Å². The molecule has 1 amide bonds. The fourth-order valence-corrected chi connectivity index (χ4v) is 2.38. The zero-order valence-corrected chi connectivity index (χ0v) is 16.2. The van der Waals surface area contributed by atoms with Gasteiger partial charge in [0.25, 0.3) is 0 Å². The Hall–Kier alpha value is -2.45. The van der Waals surface area contributed by atoms with Gasteiger partial charge in [0.2, 0.25) is 5.91 Å². The molecule has 154 valence electrons. The second-order valence-corrected chi connectivity index (χ2v) is 6.14. The summed E-state index contributed by atoms with van der Waals surface area (Å²) in [5.74, 6) is -0.271. The van der Waals surface area contributed by atoms with Gasteiger partial charge in [0.15, 0.2) is 18.1 Å². The van der Waals surface area contributed by atoms with Crippen LogP contribution in [0.4, 0.5) is 13.2 Å². The van der Waals surface area contributed by atoms with E-state index in [0.29, 0.717) is 11.1 Å². The molecule has 0 heterocycles. The summed E-state index contributed by atoms with van der Waals surface area (Å²) in [5.41, 5.74) is 6.21. The highest BCUT2D eigenvalue weighted by atomic mass is 35.5. The Morgan fingerprint density at radius 2 is 1.75 bits per heavy atom. The van der Waals surface area contributed by atoms with E-state index < -0.39 is 18.3 Å². The van der Waals surface area contributed by atoms with Crippen LogP contribution in [-0.4, -0.2) is 25.8 Å². The number of rotatable bonds is 7. The lowest BCUT2D eigenvalue weighted by Crippen LogP contribution is -2.48. The molecule has 0 aliphatic heterocycles. The number of carbonyl (C=O) groups excluding carboxylic acids is 1. The minimum atomic E-state index is -4.44. The van der Waals surface area contributed by atoms with Gasteiger partial charge in [0, 0.05) is 6.54 Å². The molecule has 0 aliphatic carbocycles. The van der Waals surface area contributed by atoms with Gasteiger partial charge in [-0.15, -0.1) is 12.4 Å². The van der Waals surface area contributed by atoms with E-state index in [1.165, 1.54) is 19.2 Å². The maximum absolute atomic E-state index is 12.5. The van der Waals surface area contributed by atoms with Crippen molar-refractivity contribution in [1.29, 1.82) is 0 Å². The third-order valence-corrected chi connectivity index (χ3v) is 3.92. The summed E-state index contributed by atoms with van der Waals surface area (Å²) >= 11 is 0. The number of alkyl halides is 3. The van der Waals surface area contributed by atoms with Gasteiger partial charge in [0.05, 0.1) is 7.11 Å². The van der Waals surface area contributed by atoms with Crippen molar-refractivity contribution in [2.45, 2.75) is 25.2 Å². The molecule has 3 N–H and O–H groups in total. The molecule has 0 saturated carbocycles. The van der Waals surface area contributed by atoms with E-state index in [9.17, 15) is 18.0 Å². The van der Waals surface area contributed by atoms with Crippen LogP contribution in [0, 0.1) is 0 Å². The maximum atomic E-state index is 12.5. The number of hydrogen-bond donors (Lipinski definition) is 2. The van der Waals surface area contributed by atoms with Gasteiger partial charge in [-0.2, -0.15) is 13.2 Å². The molecule has 2 aromatic carbocycles. The summed E-state index contributed by atoms with van der Waals surface area (Å²) in [5, 5.41) is 2.72. The van der Waals surface area contributed by atoms with Gasteiger partial charge in [0.1, 0.15) is 5.54 Å². The van der Waals surface area contributed by atoms with Gasteiger partial charge >= 0.3 is 6.18 Å². The predicted octanol–water partition coefficient (Wildman–Crippen LogP) is 3.55. The van der Waals surface area contributed by atoms with Crippen molar-refractivity contribution in [3.8, 4) is 11.5 Å². The van der Waals surface area contributed by atoms with Crippen molar-refractivity contribution in [3.05, 3.63) is 59.7 Å². The Kier molecular flexibility index (Phi) is 8.14. The van der Waals surface area contributed by atoms with E-state index in [1.54, 1.807) is 37.3 Å². The van der Waals surface area contributed by atoms with Crippen LogP contribution in [0.5, 0.6) is 11.5 Å². The van der Waals surface area contributed by atoms with Crippen molar-refractivity contribution in [3.63, 3.8) is 0 Å². The number of benzene rings is 2. The highest BCUT2D eigenvalue weighted by Gasteiger charge is 2.30. The van der Waals surface area contributed by atoms with E-state index in [0.717, 1.165) is 0 Å². The largest absolute Gasteiger partial charge is 0.493 e. The summed E-state index contributed by atoms with van der Waals surface area (Å²) < 4.78 is 46.7. The molecule has 0 bridgehead atoms. The van der Waals surface area contributed by atoms with Crippen LogP contribution in [0.1, 0.15) is 18.1 Å². The lowest BCUT2D eigenvalue weighted by Gasteiger charge is -2.24. The second-order valence-electron chi connectivity index (χ2n) is 6.14. The van der Waals surface area contributed by atoms with Crippen LogP contribution in [0.2, 0.25) is 0 Å². The molecule has 0 spiro atoms. The standard InChI is InChI=1S/C19H21F3N2O3.ClH/c1-18(23,14-6-4-3-5-7-14)17(25)24-11-13-8-9-15(16(10-13)26-2)27-12-19(20,21)22;/h3-10H,11-12,23H2,1-2H3,(H,24,25);1H. The molecule has 28 heavy (non-hydrogen) atoms. The Labute approximate surface area is 167 Å². The van der Waals surface area contributed by atoms with Crippen LogP contribution in [0.3, 0.4) is 0 Å². The summed E-state index contributed by atoms with van der Waals surface area (Å²) in [6, 6.07) is 13.3. The molecular formula is C19H22ClF3N2O3. The van der Waals surface area contributed by atoms with Gasteiger partial charge in [-0.1, -0.05) is 36.4 Å². The highest BCUT2D eigenvalue weighted by Crippen LogP contribution is 2.30. The van der Waals surface area contributed by atoms with Crippen molar-refractivity contribution in [1.82, 2.24) is 5.32 Å². The number of hydrogen-bond acceptors (Lipinski definition) is 4. The smallest absolute Gasteiger partial charge is 0.422 e. The molecular weight excluding hydrogens is 397 g/mol. The summed E-state index contributed by atoms with van der Waals surface area (Å²) in [4.78, 5) is 12.5. The van der Waals surface area contributed by atoms with Gasteiger partial charge in [-0.05, 0) is 30.2 Å². The molecule has 5 nitrogen and oxygen atoms in total. The number of amides is 1. The minimum absolute atomic E-state index is 0. The van der Waals surface area contributed by atoms with Crippen molar-refractivity contribution >= 4 is 18.3 Å². The monoisotopic (exact) mass is 418 g/mol. The molecule has 0 fully saturated rings. The molecule has 1 unspecified atom stereocenters. The lowest BCUT2D eigenvalue weighted by atomic mass is 9.92. The Morgan fingerprint density at radius 3 is 2.32 bits per heavy atom. The molecule has 2 aromatic rings. The number of ether oxygens (including phenoxy) is 2. The molecule has 1 atom stereocenters. The number of halogens is 4. The lowest BCUT2D eigenvalue weighted by molar-refractivity contribution is -0.153. The summed E-state index contributed by atoms with van der Waals surface area (Å²) in [6.45, 7) is 0.322. The molecule has 0 saturated heterocycles. The number of nitrogens with two attached hydrogens (primary N) is 1. The molecule has 0 aliphatic rings. The van der Waals surface area contributed by atoms with Crippen LogP contribution in [0.25, 0.3) is 0 Å². The van der Waals surface area contributed by atoms with E-state index in [1.807, 2.05) is 6.07 Å². The molecule has 0 aromatic heterocycles. The van der Waals surface area contributed by atoms with Crippen molar-refractivity contribution < 1.29 is 27.4 Å². The van der Waals surface area contributed by atoms with Gasteiger partial charge < -0.3 is 20.5 Å². The average molecular weight is 419 g/mol. The molecule has 9 heteroatoms. The Balaban J connectivity index is 0.00000392. The third-order valence-electron chi connectivity index (χ3n) is 3.92. The van der Waals surface area contributed by atoms with E-state index in [-0.39, 0.29) is 36.4 Å². The normalized spacial score (nSPS) is 13.1.